The van der Waals surface area contributed by atoms with Gasteiger partial charge in [0.1, 0.15) is 11.5 Å². The number of carbonyl (C=O) groups excluding carboxylic acids is 1. The first-order chi connectivity index (χ1) is 17.4. The average molecular weight is 506 g/mol. The van der Waals surface area contributed by atoms with Crippen molar-refractivity contribution in [2.75, 3.05) is 13.2 Å². The molecule has 0 saturated heterocycles. The zero-order valence-corrected chi connectivity index (χ0v) is 21.7. The van der Waals surface area contributed by atoms with Crippen LogP contribution in [0.3, 0.4) is 0 Å². The highest BCUT2D eigenvalue weighted by Gasteiger charge is 2.22. The van der Waals surface area contributed by atoms with Crippen molar-refractivity contribution in [2.24, 2.45) is 0 Å². The minimum Gasteiger partial charge on any atom is -0.493 e. The largest absolute Gasteiger partial charge is 0.493 e. The number of aromatic nitrogens is 2. The molecule has 0 aliphatic rings. The van der Waals surface area contributed by atoms with Gasteiger partial charge < -0.3 is 14.4 Å². The molecule has 4 aromatic rings. The third-order valence-corrected chi connectivity index (χ3v) is 6.23. The van der Waals surface area contributed by atoms with Gasteiger partial charge in [0.05, 0.1) is 12.1 Å². The number of ether oxygens (including phenoxy) is 2. The summed E-state index contributed by atoms with van der Waals surface area (Å²) < 4.78 is 13.7. The van der Waals surface area contributed by atoms with Crippen LogP contribution in [-0.2, 0) is 11.3 Å². The molecule has 0 N–H and O–H groups in total. The van der Waals surface area contributed by atoms with Crippen LogP contribution in [-0.4, -0.2) is 39.7 Å². The van der Waals surface area contributed by atoms with E-state index in [1.54, 1.807) is 23.7 Å². The predicted molar refractivity (Wildman–Crippen MR) is 143 cm³/mol. The zero-order valence-electron chi connectivity index (χ0n) is 20.9. The molecule has 1 unspecified atom stereocenters. The summed E-state index contributed by atoms with van der Waals surface area (Å²) in [6.07, 6.45) is 3.72. The summed E-state index contributed by atoms with van der Waals surface area (Å²) >= 11 is 6.05. The van der Waals surface area contributed by atoms with Crippen molar-refractivity contribution in [3.05, 3.63) is 95.3 Å². The van der Waals surface area contributed by atoms with Crippen LogP contribution in [0.5, 0.6) is 11.5 Å². The van der Waals surface area contributed by atoms with Crippen molar-refractivity contribution in [1.82, 2.24) is 14.5 Å². The van der Waals surface area contributed by atoms with E-state index in [-0.39, 0.29) is 5.91 Å². The monoisotopic (exact) mass is 505 g/mol. The Kier molecular flexibility index (Phi) is 8.49. The van der Waals surface area contributed by atoms with E-state index in [4.69, 9.17) is 21.1 Å². The Morgan fingerprint density at radius 1 is 1.03 bits per heavy atom. The highest BCUT2D eigenvalue weighted by atomic mass is 35.5. The smallest absolute Gasteiger partial charge is 0.263 e. The van der Waals surface area contributed by atoms with Gasteiger partial charge in [-0.1, -0.05) is 43.6 Å². The number of nitrogens with zero attached hydrogens (tertiary/aromatic N) is 3. The standard InChI is InChI=1S/C29H32ClN3O3/c1-21(2)24-8-10-27(11-9-24)36-22(3)29(34)32(15-5-17-35-28-7-4-6-25(30)19-28)20-23-13-16-33-26(18-23)12-14-31-33/h4,6-14,16,18-19,21-22H,5,15,17,20H2,1-3H3. The van der Waals surface area contributed by atoms with Crippen molar-refractivity contribution >= 4 is 23.0 Å². The highest BCUT2D eigenvalue weighted by Crippen LogP contribution is 2.21. The summed E-state index contributed by atoms with van der Waals surface area (Å²) in [5.74, 6) is 1.77. The van der Waals surface area contributed by atoms with Crippen molar-refractivity contribution in [3.63, 3.8) is 0 Å². The number of halogens is 1. The Labute approximate surface area is 217 Å². The molecule has 0 aliphatic heterocycles. The zero-order chi connectivity index (χ0) is 25.5. The lowest BCUT2D eigenvalue weighted by Crippen LogP contribution is -2.41. The molecule has 6 nitrogen and oxygen atoms in total. The van der Waals surface area contributed by atoms with Gasteiger partial charge in [-0.05, 0) is 78.9 Å². The molecule has 2 aromatic heterocycles. The summed E-state index contributed by atoms with van der Waals surface area (Å²) in [4.78, 5) is 15.3. The molecule has 0 saturated carbocycles. The van der Waals surface area contributed by atoms with Crippen molar-refractivity contribution in [3.8, 4) is 11.5 Å². The van der Waals surface area contributed by atoms with E-state index >= 15 is 0 Å². The molecule has 0 aliphatic carbocycles. The van der Waals surface area contributed by atoms with Crippen LogP contribution >= 0.6 is 11.6 Å². The maximum Gasteiger partial charge on any atom is 0.263 e. The molecular formula is C29H32ClN3O3. The van der Waals surface area contributed by atoms with Gasteiger partial charge in [0.15, 0.2) is 6.10 Å². The number of hydrogen-bond donors (Lipinski definition) is 0. The van der Waals surface area contributed by atoms with Crippen molar-refractivity contribution in [1.29, 1.82) is 0 Å². The van der Waals surface area contributed by atoms with Gasteiger partial charge in [0.2, 0.25) is 0 Å². The van der Waals surface area contributed by atoms with E-state index in [0.717, 1.165) is 11.1 Å². The maximum absolute atomic E-state index is 13.5. The van der Waals surface area contributed by atoms with Crippen molar-refractivity contribution in [2.45, 2.75) is 45.8 Å². The van der Waals surface area contributed by atoms with E-state index in [0.29, 0.717) is 48.6 Å². The predicted octanol–water partition coefficient (Wildman–Crippen LogP) is 6.38. The molecule has 0 bridgehead atoms. The summed E-state index contributed by atoms with van der Waals surface area (Å²) in [5.41, 5.74) is 3.25. The second-order valence-corrected chi connectivity index (χ2v) is 9.58. The molecule has 0 radical (unpaired) electrons. The third-order valence-electron chi connectivity index (χ3n) is 5.99. The van der Waals surface area contributed by atoms with Crippen LogP contribution in [0.4, 0.5) is 0 Å². The van der Waals surface area contributed by atoms with Gasteiger partial charge in [-0.3, -0.25) is 4.79 Å². The summed E-state index contributed by atoms with van der Waals surface area (Å²) in [5, 5.41) is 4.88. The summed E-state index contributed by atoms with van der Waals surface area (Å²) in [7, 11) is 0. The lowest BCUT2D eigenvalue weighted by molar-refractivity contribution is -0.138. The van der Waals surface area contributed by atoms with Crippen LogP contribution in [0.25, 0.3) is 5.52 Å². The van der Waals surface area contributed by atoms with E-state index in [1.165, 1.54) is 5.56 Å². The first kappa shape index (κ1) is 25.6. The average Bonchev–Trinajstić information content (AvgIpc) is 3.34. The fourth-order valence-electron chi connectivity index (χ4n) is 4.00. The van der Waals surface area contributed by atoms with Gasteiger partial charge >= 0.3 is 0 Å². The summed E-state index contributed by atoms with van der Waals surface area (Å²) in [6.45, 7) is 7.57. The molecule has 7 heteroatoms. The highest BCUT2D eigenvalue weighted by molar-refractivity contribution is 6.30. The number of benzene rings is 2. The molecule has 1 amide bonds. The first-order valence-corrected chi connectivity index (χ1v) is 12.6. The molecule has 1 atom stereocenters. The molecule has 2 heterocycles. The number of carbonyl (C=O) groups is 1. The van der Waals surface area contributed by atoms with Crippen LogP contribution < -0.4 is 9.47 Å². The quantitative estimate of drug-likeness (QED) is 0.222. The Balaban J connectivity index is 1.42. The Morgan fingerprint density at radius 2 is 1.83 bits per heavy atom. The number of pyridine rings is 1. The van der Waals surface area contributed by atoms with Crippen molar-refractivity contribution < 1.29 is 14.3 Å². The first-order valence-electron chi connectivity index (χ1n) is 12.2. The minimum atomic E-state index is -0.623. The van der Waals surface area contributed by atoms with E-state index in [9.17, 15) is 4.79 Å². The molecule has 36 heavy (non-hydrogen) atoms. The van der Waals surface area contributed by atoms with Gasteiger partial charge in [-0.25, -0.2) is 4.52 Å². The van der Waals surface area contributed by atoms with Crippen LogP contribution in [0, 0.1) is 0 Å². The molecule has 2 aromatic carbocycles. The lowest BCUT2D eigenvalue weighted by Gasteiger charge is -2.26. The fraction of sp³-hybridized carbons (Fsp3) is 0.310. The fourth-order valence-corrected chi connectivity index (χ4v) is 4.18. The maximum atomic E-state index is 13.5. The second-order valence-electron chi connectivity index (χ2n) is 9.14. The summed E-state index contributed by atoms with van der Waals surface area (Å²) in [6, 6.07) is 21.2. The van der Waals surface area contributed by atoms with Gasteiger partial charge in [0.25, 0.3) is 5.91 Å². The molecular weight excluding hydrogens is 474 g/mol. The van der Waals surface area contributed by atoms with E-state index in [1.807, 2.05) is 71.8 Å². The number of fused-ring (bicyclic) bond motifs is 1. The molecule has 4 rings (SSSR count). The van der Waals surface area contributed by atoms with Gasteiger partial charge in [-0.2, -0.15) is 5.10 Å². The van der Waals surface area contributed by atoms with Gasteiger partial charge in [0, 0.05) is 30.5 Å². The Bertz CT molecular complexity index is 1290. The number of hydrogen-bond acceptors (Lipinski definition) is 4. The molecule has 0 fully saturated rings. The third kappa shape index (κ3) is 6.79. The number of rotatable bonds is 11. The van der Waals surface area contributed by atoms with Crippen LogP contribution in [0.15, 0.2) is 79.1 Å². The topological polar surface area (TPSA) is 56.1 Å². The number of amides is 1. The Morgan fingerprint density at radius 3 is 2.58 bits per heavy atom. The normalized spacial score (nSPS) is 12.0. The Hall–Kier alpha value is -3.51. The van der Waals surface area contributed by atoms with E-state index in [2.05, 4.69) is 18.9 Å². The minimum absolute atomic E-state index is 0.0703. The van der Waals surface area contributed by atoms with Crippen LogP contribution in [0.1, 0.15) is 44.2 Å². The van der Waals surface area contributed by atoms with Gasteiger partial charge in [-0.15, -0.1) is 0 Å². The lowest BCUT2D eigenvalue weighted by atomic mass is 10.0. The SMILES string of the molecule is CC(Oc1ccc(C(C)C)cc1)C(=O)N(CCCOc1cccc(Cl)c1)Cc1ccn2nccc2c1. The second kappa shape index (κ2) is 12.0. The molecule has 188 valence electrons. The van der Waals surface area contributed by atoms with E-state index < -0.39 is 6.10 Å². The molecule has 0 spiro atoms. The van der Waals surface area contributed by atoms with Crippen LogP contribution in [0.2, 0.25) is 5.02 Å².